The van der Waals surface area contributed by atoms with Crippen LogP contribution in [0, 0.1) is 0 Å². The van der Waals surface area contributed by atoms with Crippen LogP contribution in [0.4, 0.5) is 0 Å². The van der Waals surface area contributed by atoms with E-state index < -0.39 is 0 Å². The third-order valence-electron chi connectivity index (χ3n) is 3.93. The van der Waals surface area contributed by atoms with Crippen molar-refractivity contribution < 1.29 is 5.11 Å². The lowest BCUT2D eigenvalue weighted by Crippen LogP contribution is -2.12. The van der Waals surface area contributed by atoms with E-state index in [0.717, 1.165) is 12.0 Å². The van der Waals surface area contributed by atoms with E-state index in [9.17, 15) is 5.11 Å². The Morgan fingerprint density at radius 3 is 2.24 bits per heavy atom. The van der Waals surface area contributed by atoms with Crippen LogP contribution < -0.4 is 0 Å². The molecule has 2 aromatic rings. The average Bonchev–Trinajstić information content (AvgIpc) is 2.40. The zero-order chi connectivity index (χ0) is 15.6. The first-order chi connectivity index (χ1) is 9.77. The molecular formula is C20H26O. The molecule has 0 fully saturated rings. The predicted octanol–water partition coefficient (Wildman–Crippen LogP) is 5.40. The molecule has 21 heavy (non-hydrogen) atoms. The maximum Gasteiger partial charge on any atom is 0.119 e. The monoisotopic (exact) mass is 282 g/mol. The molecule has 0 heterocycles. The molecular weight excluding hydrogens is 256 g/mol. The fourth-order valence-corrected chi connectivity index (χ4v) is 2.47. The normalized spacial score (nSPS) is 11.9. The molecule has 0 aromatic heterocycles. The van der Waals surface area contributed by atoms with Crippen molar-refractivity contribution in [1.82, 2.24) is 0 Å². The van der Waals surface area contributed by atoms with Crippen LogP contribution in [0.5, 0.6) is 5.75 Å². The van der Waals surface area contributed by atoms with Gasteiger partial charge in [-0.15, -0.1) is 0 Å². The number of phenolic OH excluding ortho intramolecular Hbond substituents is 1. The first-order valence-electron chi connectivity index (χ1n) is 7.68. The summed E-state index contributed by atoms with van der Waals surface area (Å²) in [5, 5.41) is 9.98. The molecule has 2 rings (SSSR count). The Morgan fingerprint density at radius 2 is 1.67 bits per heavy atom. The SMILES string of the molecule is CC(C)c1cc(Cc2ccccc2O)cc(C(C)(C)C)c1. The molecule has 0 amide bonds. The second-order valence-corrected chi connectivity index (χ2v) is 7.17. The number of aromatic hydroxyl groups is 1. The summed E-state index contributed by atoms with van der Waals surface area (Å²) in [6.07, 6.45) is 0.774. The first-order valence-corrected chi connectivity index (χ1v) is 7.68. The summed E-state index contributed by atoms with van der Waals surface area (Å²) in [6.45, 7) is 11.2. The highest BCUT2D eigenvalue weighted by atomic mass is 16.3. The summed E-state index contributed by atoms with van der Waals surface area (Å²) in [7, 11) is 0. The molecule has 0 saturated carbocycles. The fourth-order valence-electron chi connectivity index (χ4n) is 2.47. The van der Waals surface area contributed by atoms with Gasteiger partial charge in [-0.3, -0.25) is 0 Å². The fraction of sp³-hybridized carbons (Fsp3) is 0.400. The van der Waals surface area contributed by atoms with Crippen LogP contribution >= 0.6 is 0 Å². The van der Waals surface area contributed by atoms with Gasteiger partial charge in [0.1, 0.15) is 5.75 Å². The Morgan fingerprint density at radius 1 is 1.00 bits per heavy atom. The third-order valence-corrected chi connectivity index (χ3v) is 3.93. The molecule has 1 N–H and O–H groups in total. The van der Waals surface area contributed by atoms with Crippen molar-refractivity contribution in [2.24, 2.45) is 0 Å². The van der Waals surface area contributed by atoms with E-state index in [-0.39, 0.29) is 5.41 Å². The number of benzene rings is 2. The van der Waals surface area contributed by atoms with Crippen molar-refractivity contribution in [2.75, 3.05) is 0 Å². The molecule has 0 aliphatic rings. The highest BCUT2D eigenvalue weighted by molar-refractivity contribution is 5.41. The van der Waals surface area contributed by atoms with E-state index in [2.05, 4.69) is 52.8 Å². The lowest BCUT2D eigenvalue weighted by Gasteiger charge is -2.22. The topological polar surface area (TPSA) is 20.2 Å². The molecule has 1 heteroatoms. The summed E-state index contributed by atoms with van der Waals surface area (Å²) in [6, 6.07) is 14.5. The minimum absolute atomic E-state index is 0.137. The molecule has 0 spiro atoms. The van der Waals surface area contributed by atoms with Crippen molar-refractivity contribution in [2.45, 2.75) is 52.4 Å². The van der Waals surface area contributed by atoms with Gasteiger partial charge in [-0.25, -0.2) is 0 Å². The van der Waals surface area contributed by atoms with Crippen molar-refractivity contribution in [3.8, 4) is 5.75 Å². The van der Waals surface area contributed by atoms with E-state index in [4.69, 9.17) is 0 Å². The van der Waals surface area contributed by atoms with Gasteiger partial charge in [0, 0.05) is 6.42 Å². The van der Waals surface area contributed by atoms with E-state index in [1.54, 1.807) is 6.07 Å². The first kappa shape index (κ1) is 15.6. The Labute approximate surface area is 128 Å². The lowest BCUT2D eigenvalue weighted by molar-refractivity contribution is 0.469. The molecule has 0 radical (unpaired) electrons. The summed E-state index contributed by atoms with van der Waals surface area (Å²) in [4.78, 5) is 0. The highest BCUT2D eigenvalue weighted by Gasteiger charge is 2.16. The Balaban J connectivity index is 2.44. The van der Waals surface area contributed by atoms with Gasteiger partial charge in [-0.2, -0.15) is 0 Å². The van der Waals surface area contributed by atoms with Gasteiger partial charge in [-0.05, 0) is 39.7 Å². The van der Waals surface area contributed by atoms with Crippen LogP contribution in [-0.2, 0) is 11.8 Å². The third kappa shape index (κ3) is 3.87. The smallest absolute Gasteiger partial charge is 0.119 e. The van der Waals surface area contributed by atoms with Gasteiger partial charge in [0.25, 0.3) is 0 Å². The van der Waals surface area contributed by atoms with Crippen LogP contribution in [0.1, 0.15) is 62.8 Å². The number of hydrogen-bond donors (Lipinski definition) is 1. The standard InChI is InChI=1S/C20H26O/c1-14(2)17-11-15(12-18(13-17)20(3,4)5)10-16-8-6-7-9-19(16)21/h6-9,11-14,21H,10H2,1-5H3. The largest absolute Gasteiger partial charge is 0.508 e. The number of rotatable bonds is 3. The highest BCUT2D eigenvalue weighted by Crippen LogP contribution is 2.29. The maximum absolute atomic E-state index is 9.98. The quantitative estimate of drug-likeness (QED) is 0.798. The van der Waals surface area contributed by atoms with Crippen LogP contribution in [0.3, 0.4) is 0 Å². The van der Waals surface area contributed by atoms with Gasteiger partial charge >= 0.3 is 0 Å². The maximum atomic E-state index is 9.98. The minimum Gasteiger partial charge on any atom is -0.508 e. The van der Waals surface area contributed by atoms with Crippen LogP contribution in [0.2, 0.25) is 0 Å². The van der Waals surface area contributed by atoms with E-state index in [0.29, 0.717) is 11.7 Å². The zero-order valence-electron chi connectivity index (χ0n) is 13.8. The van der Waals surface area contributed by atoms with E-state index in [1.807, 2.05) is 18.2 Å². The summed E-state index contributed by atoms with van der Waals surface area (Å²) >= 11 is 0. The average molecular weight is 282 g/mol. The Kier molecular flexibility index (Phi) is 4.41. The van der Waals surface area contributed by atoms with E-state index >= 15 is 0 Å². The van der Waals surface area contributed by atoms with Gasteiger partial charge in [-0.1, -0.05) is 71.0 Å². The molecule has 0 aliphatic heterocycles. The second-order valence-electron chi connectivity index (χ2n) is 7.17. The predicted molar refractivity (Wildman–Crippen MR) is 90.1 cm³/mol. The lowest BCUT2D eigenvalue weighted by atomic mass is 9.83. The van der Waals surface area contributed by atoms with Crippen LogP contribution in [-0.4, -0.2) is 5.11 Å². The number of para-hydroxylation sites is 1. The molecule has 0 saturated heterocycles. The Bertz CT molecular complexity index is 618. The summed E-state index contributed by atoms with van der Waals surface area (Å²) < 4.78 is 0. The minimum atomic E-state index is 0.137. The van der Waals surface area contributed by atoms with Gasteiger partial charge in [0.15, 0.2) is 0 Å². The van der Waals surface area contributed by atoms with Crippen molar-refractivity contribution >= 4 is 0 Å². The van der Waals surface area contributed by atoms with Gasteiger partial charge in [0.2, 0.25) is 0 Å². The molecule has 0 atom stereocenters. The summed E-state index contributed by atoms with van der Waals surface area (Å²) in [5.41, 5.74) is 5.12. The van der Waals surface area contributed by atoms with Crippen LogP contribution in [0.15, 0.2) is 42.5 Å². The molecule has 0 aliphatic carbocycles. The molecule has 0 bridgehead atoms. The number of phenols is 1. The summed E-state index contributed by atoms with van der Waals surface area (Å²) in [5.74, 6) is 0.889. The van der Waals surface area contributed by atoms with Crippen molar-refractivity contribution in [1.29, 1.82) is 0 Å². The van der Waals surface area contributed by atoms with Gasteiger partial charge in [0.05, 0.1) is 0 Å². The molecule has 0 unspecified atom stereocenters. The van der Waals surface area contributed by atoms with Crippen molar-refractivity contribution in [3.63, 3.8) is 0 Å². The number of hydrogen-bond acceptors (Lipinski definition) is 1. The van der Waals surface area contributed by atoms with E-state index in [1.165, 1.54) is 16.7 Å². The molecule has 1 nitrogen and oxygen atoms in total. The Hall–Kier alpha value is -1.76. The molecule has 2 aromatic carbocycles. The van der Waals surface area contributed by atoms with Crippen LogP contribution in [0.25, 0.3) is 0 Å². The molecule has 112 valence electrons. The van der Waals surface area contributed by atoms with Gasteiger partial charge < -0.3 is 5.11 Å². The van der Waals surface area contributed by atoms with Crippen molar-refractivity contribution in [3.05, 3.63) is 64.7 Å². The zero-order valence-corrected chi connectivity index (χ0v) is 13.8. The second kappa shape index (κ2) is 5.93.